The minimum atomic E-state index is -0.618. The van der Waals surface area contributed by atoms with Crippen LogP contribution in [0.4, 0.5) is 34.1 Å². The topological polar surface area (TPSA) is 19.6 Å². The number of furan rings is 1. The first-order valence-electron chi connectivity index (χ1n) is 51.9. The maximum Gasteiger partial charge on any atom is 0.136 e. The minimum Gasteiger partial charge on any atom is -0.456 e. The second-order valence-corrected chi connectivity index (χ2v) is 44.5. The van der Waals surface area contributed by atoms with Gasteiger partial charge in [0.05, 0.1) is 10.8 Å². The van der Waals surface area contributed by atoms with Gasteiger partial charge in [-0.05, 0) is 352 Å². The molecule has 0 aliphatic heterocycles. The van der Waals surface area contributed by atoms with E-state index in [0.717, 1.165) is 92.9 Å². The molecule has 21 aromatic rings. The van der Waals surface area contributed by atoms with Crippen LogP contribution in [0.2, 0.25) is 0 Å². The second-order valence-electron chi connectivity index (χ2n) is 43.5. The highest BCUT2D eigenvalue weighted by molar-refractivity contribution is 7.25. The molecule has 29 rings (SSSR count). The Kier molecular flexibility index (Phi) is 18.8. The molecule has 8 aliphatic rings. The summed E-state index contributed by atoms with van der Waals surface area (Å²) in [6, 6.07) is 172. The Hall–Kier alpha value is -15.2. The third kappa shape index (κ3) is 12.1. The summed E-state index contributed by atoms with van der Waals surface area (Å²) in [4.78, 5) is 5.12. The SMILES string of the molecule is CC1CC2CC(C)CC(C1)C21c2ccccc2C2(c3ccccc3-c3ccccc32)c2cc(N(c3ccc(-c4ccc(C5(C)C[C@H]6CC(C)C[C@@H](C5)C65c6ccccc6C6(c7ccccc7-c7ccccc76)c6cc(N(c7ccc(-c8ccc(-c9ccccc9)cc8)cc7)c7ccc(-c8ccc9c(c8)sc8ccccc89)cc7)ccc65)cc4)cc3)c3ccc(-c4ccc5c(c4)oc4ccccc45)cc3)ccc21. The Morgan fingerprint density at radius 3 is 0.979 bits per heavy atom. The fourth-order valence-electron chi connectivity index (χ4n) is 30.5. The van der Waals surface area contributed by atoms with Crippen LogP contribution in [0.5, 0.6) is 0 Å². The Morgan fingerprint density at radius 2 is 0.528 bits per heavy atom. The van der Waals surface area contributed by atoms with Crippen molar-refractivity contribution in [2.75, 3.05) is 9.80 Å². The van der Waals surface area contributed by atoms with Crippen molar-refractivity contribution in [2.24, 2.45) is 41.4 Å². The lowest BCUT2D eigenvalue weighted by molar-refractivity contribution is 0.00919. The number of para-hydroxylation sites is 1. The van der Waals surface area contributed by atoms with Crippen molar-refractivity contribution in [1.29, 1.82) is 0 Å². The molecule has 0 saturated heterocycles. The van der Waals surface area contributed by atoms with E-state index in [1.807, 2.05) is 11.3 Å². The molecule has 142 heavy (non-hydrogen) atoms. The molecule has 3 unspecified atom stereocenters. The average molecular weight is 1840 g/mol. The van der Waals surface area contributed by atoms with Gasteiger partial charge in [0.2, 0.25) is 0 Å². The molecule has 4 fully saturated rings. The van der Waals surface area contributed by atoms with Crippen molar-refractivity contribution >= 4 is 87.6 Å². The van der Waals surface area contributed by atoms with E-state index in [2.05, 4.69) is 480 Å². The largest absolute Gasteiger partial charge is 0.456 e. The molecule has 3 nitrogen and oxygen atoms in total. The van der Waals surface area contributed by atoms with E-state index in [9.17, 15) is 0 Å². The zero-order valence-electron chi connectivity index (χ0n) is 80.6. The molecule has 4 bridgehead atoms. The van der Waals surface area contributed by atoms with Crippen molar-refractivity contribution in [3.05, 3.63) is 515 Å². The van der Waals surface area contributed by atoms with Gasteiger partial charge in [-0.25, -0.2) is 0 Å². The zero-order valence-corrected chi connectivity index (χ0v) is 81.4. The molecular formula is C138H108N2OS. The number of fused-ring (bicyclic) bond motifs is 24. The number of hydrogen-bond acceptors (Lipinski definition) is 4. The molecule has 0 radical (unpaired) electrons. The van der Waals surface area contributed by atoms with Gasteiger partial charge in [-0.2, -0.15) is 0 Å². The van der Waals surface area contributed by atoms with Gasteiger partial charge in [0.15, 0.2) is 0 Å². The minimum absolute atomic E-state index is 0.108. The van der Waals surface area contributed by atoms with Crippen molar-refractivity contribution in [3.63, 3.8) is 0 Å². The van der Waals surface area contributed by atoms with Crippen LogP contribution in [0.15, 0.2) is 447 Å². The summed E-state index contributed by atoms with van der Waals surface area (Å²) in [5.41, 5.74) is 43.0. The van der Waals surface area contributed by atoms with Crippen molar-refractivity contribution in [3.8, 4) is 77.9 Å². The summed E-state index contributed by atoms with van der Waals surface area (Å²) in [6.45, 7) is 10.3. The number of nitrogens with zero attached hydrogens (tertiary/aromatic N) is 2. The molecule has 8 aliphatic carbocycles. The van der Waals surface area contributed by atoms with Crippen molar-refractivity contribution in [2.45, 2.75) is 106 Å². The summed E-state index contributed by atoms with van der Waals surface area (Å²) in [6.07, 6.45) is 9.38. The van der Waals surface area contributed by atoms with Crippen LogP contribution in [-0.4, -0.2) is 0 Å². The van der Waals surface area contributed by atoms with E-state index in [-0.39, 0.29) is 16.2 Å². The molecule has 2 aromatic heterocycles. The van der Waals surface area contributed by atoms with Crippen LogP contribution in [-0.2, 0) is 27.1 Å². The number of benzene rings is 19. The van der Waals surface area contributed by atoms with Gasteiger partial charge >= 0.3 is 0 Å². The first-order valence-corrected chi connectivity index (χ1v) is 52.7. The number of anilines is 6. The maximum atomic E-state index is 6.54. The third-order valence-corrected chi connectivity index (χ3v) is 37.1. The van der Waals surface area contributed by atoms with E-state index < -0.39 is 10.8 Å². The summed E-state index contributed by atoms with van der Waals surface area (Å²) in [7, 11) is 0. The van der Waals surface area contributed by atoms with Crippen LogP contribution in [0.3, 0.4) is 0 Å². The van der Waals surface area contributed by atoms with Gasteiger partial charge in [0.25, 0.3) is 0 Å². The van der Waals surface area contributed by atoms with Crippen molar-refractivity contribution in [1.82, 2.24) is 0 Å². The van der Waals surface area contributed by atoms with Crippen LogP contribution < -0.4 is 9.80 Å². The van der Waals surface area contributed by atoms with E-state index >= 15 is 0 Å². The Balaban J connectivity index is 0.544. The summed E-state index contributed by atoms with van der Waals surface area (Å²) in [5.74, 6) is 3.63. The molecule has 19 aromatic carbocycles. The standard InChI is InChI=1S/C138H108N2OS/c1-86-74-100-76-87(2)77-101(75-86)135(100)122-36-18-20-38-124(122)137(118-32-14-8-26-110(118)111-27-9-15-33-119(111)137)128-82-108(68-72-126(128)135)139(106-64-52-95(53-65-106)97-56-70-115-114-30-12-22-40-130(114)141-131(115)80-97)105-62-50-94(51-63-105)92-46-58-99(59-47-92)134(4)84-102-78-88(3)79-103(85-134)136(102)123-37-19-21-39-125(123)138(120-34-16-10-28-112(120)113-29-11-17-35-121(113)138)129-83-109(69-73-127(129)136)140(104-60-48-93(49-61-104)91-44-42-90(43-45-91)89-24-6-5-7-25-89)107-66-54-96(55-67-107)98-57-71-117-116-31-13-23-41-132(116)142-133(117)81-98/h5-73,80-83,86-88,100-103H,74-79,84-85H2,1-4H3/t86?,87?,88?,100?,101?,102-,103+,134?,135?,136?. The lowest BCUT2D eigenvalue weighted by Crippen LogP contribution is -2.59. The van der Waals surface area contributed by atoms with Crippen LogP contribution >= 0.6 is 11.3 Å². The molecule has 5 atom stereocenters. The molecule has 0 amide bonds. The quantitative estimate of drug-likeness (QED) is 0.122. The van der Waals surface area contributed by atoms with Gasteiger partial charge < -0.3 is 14.2 Å². The van der Waals surface area contributed by atoms with Crippen LogP contribution in [0, 0.1) is 41.4 Å². The predicted molar refractivity (Wildman–Crippen MR) is 592 cm³/mol. The zero-order chi connectivity index (χ0) is 94.1. The van der Waals surface area contributed by atoms with Gasteiger partial charge in [-0.1, -0.05) is 367 Å². The Morgan fingerprint density at radius 1 is 0.225 bits per heavy atom. The summed E-state index contributed by atoms with van der Waals surface area (Å²) < 4.78 is 9.17. The van der Waals surface area contributed by atoms with Gasteiger partial charge in [0, 0.05) is 75.9 Å². The highest BCUT2D eigenvalue weighted by Crippen LogP contribution is 2.74. The van der Waals surface area contributed by atoms with Gasteiger partial charge in [-0.15, -0.1) is 11.3 Å². The van der Waals surface area contributed by atoms with Gasteiger partial charge in [0.1, 0.15) is 11.2 Å². The fraction of sp³-hybridized carbons (Fsp3) is 0.174. The fourth-order valence-corrected chi connectivity index (χ4v) is 31.7. The highest BCUT2D eigenvalue weighted by Gasteiger charge is 2.66. The second kappa shape index (κ2) is 31.9. The Bertz CT molecular complexity index is 8520. The van der Waals surface area contributed by atoms with E-state index in [1.165, 1.54) is 174 Å². The molecule has 4 saturated carbocycles. The number of rotatable bonds is 12. The van der Waals surface area contributed by atoms with E-state index in [1.54, 1.807) is 11.1 Å². The predicted octanol–water partition coefficient (Wildman–Crippen LogP) is 36.7. The molecule has 682 valence electrons. The lowest BCUT2D eigenvalue weighted by atomic mass is 9.39. The lowest BCUT2D eigenvalue weighted by Gasteiger charge is -2.64. The Labute approximate surface area is 836 Å². The smallest absolute Gasteiger partial charge is 0.136 e. The highest BCUT2D eigenvalue weighted by atomic mass is 32.1. The number of thiophene rings is 1. The molecular weight excluding hydrogens is 1730 g/mol. The summed E-state index contributed by atoms with van der Waals surface area (Å²) in [5, 5.41) is 4.92. The number of hydrogen-bond donors (Lipinski definition) is 0. The van der Waals surface area contributed by atoms with Gasteiger partial charge in [-0.3, -0.25) is 0 Å². The van der Waals surface area contributed by atoms with Crippen molar-refractivity contribution < 1.29 is 4.42 Å². The van der Waals surface area contributed by atoms with Crippen LogP contribution in [0.1, 0.15) is 151 Å². The molecule has 0 N–H and O–H groups in total. The molecule has 2 heterocycles. The first kappa shape index (κ1) is 83.7. The van der Waals surface area contributed by atoms with E-state index in [4.69, 9.17) is 4.42 Å². The normalized spacial score (nSPS) is 21.8. The maximum absolute atomic E-state index is 6.54. The summed E-state index contributed by atoms with van der Waals surface area (Å²) >= 11 is 1.88. The average Bonchev–Trinajstić information content (AvgIpc) is 1.31. The third-order valence-electron chi connectivity index (χ3n) is 35.9. The van der Waals surface area contributed by atoms with Crippen LogP contribution in [0.25, 0.3) is 120 Å². The van der Waals surface area contributed by atoms with E-state index in [0.29, 0.717) is 41.4 Å². The monoisotopic (exact) mass is 1840 g/mol. The molecule has 4 heteroatoms. The molecule has 4 spiro atoms. The first-order chi connectivity index (χ1) is 69.9.